The second-order valence-electron chi connectivity index (χ2n) is 5.55. The summed E-state index contributed by atoms with van der Waals surface area (Å²) in [5.41, 5.74) is 3.62. The molecule has 8 nitrogen and oxygen atoms in total. The van der Waals surface area contributed by atoms with Crippen LogP contribution in [-0.2, 0) is 17.0 Å². The molecule has 4 rings (SSSR count). The van der Waals surface area contributed by atoms with Gasteiger partial charge in [0, 0.05) is 23.8 Å². The summed E-state index contributed by atoms with van der Waals surface area (Å²) in [6.45, 7) is 0. The van der Waals surface area contributed by atoms with Crippen molar-refractivity contribution < 1.29 is 9.32 Å². The zero-order valence-electron chi connectivity index (χ0n) is 14.4. The highest BCUT2D eigenvalue weighted by Crippen LogP contribution is 2.29. The predicted octanol–water partition coefficient (Wildman–Crippen LogP) is 3.91. The maximum absolute atomic E-state index is 11.8. The summed E-state index contributed by atoms with van der Waals surface area (Å²) in [5, 5.41) is 16.6. The Morgan fingerprint density at radius 1 is 1.18 bits per heavy atom. The van der Waals surface area contributed by atoms with E-state index in [-0.39, 0.29) is 12.3 Å². The average Bonchev–Trinajstić information content (AvgIpc) is 3.47. The molecule has 0 bridgehead atoms. The van der Waals surface area contributed by atoms with Gasteiger partial charge in [0.1, 0.15) is 5.51 Å². The number of rotatable bonds is 8. The van der Waals surface area contributed by atoms with Gasteiger partial charge in [-0.15, -0.1) is 21.5 Å². The molecule has 3 aromatic heterocycles. The fourth-order valence-electron chi connectivity index (χ4n) is 2.27. The van der Waals surface area contributed by atoms with Gasteiger partial charge in [0.25, 0.3) is 0 Å². The van der Waals surface area contributed by atoms with Crippen molar-refractivity contribution in [1.82, 2.24) is 25.3 Å². The molecular formula is C17H14N6O2S3. The predicted molar refractivity (Wildman–Crippen MR) is 108 cm³/mol. The number of thiazole rings is 1. The van der Waals surface area contributed by atoms with Gasteiger partial charge in [0.15, 0.2) is 10.2 Å². The van der Waals surface area contributed by atoms with Gasteiger partial charge in [0.05, 0.1) is 11.4 Å². The first kappa shape index (κ1) is 18.7. The first-order valence-electron chi connectivity index (χ1n) is 8.27. The third-order valence-electron chi connectivity index (χ3n) is 3.56. The van der Waals surface area contributed by atoms with Crippen molar-refractivity contribution in [3.05, 3.63) is 52.9 Å². The Hall–Kier alpha value is -2.63. The van der Waals surface area contributed by atoms with Crippen LogP contribution in [0.3, 0.4) is 0 Å². The Kier molecular flexibility index (Phi) is 6.04. The first-order valence-corrected chi connectivity index (χ1v) is 11.0. The lowest BCUT2D eigenvalue weighted by Gasteiger charge is -1.97. The minimum absolute atomic E-state index is 0.165. The molecule has 0 saturated heterocycles. The maximum atomic E-state index is 11.8. The third kappa shape index (κ3) is 5.00. The SMILES string of the molecule is O=C(CCc1nc(CSc2nc(-c3ccccc3)cs2)no1)Nc1nncs1. The molecule has 0 aliphatic heterocycles. The van der Waals surface area contributed by atoms with Crippen molar-refractivity contribution in [3.63, 3.8) is 0 Å². The number of anilines is 1. The van der Waals surface area contributed by atoms with Crippen LogP contribution in [-0.4, -0.2) is 31.2 Å². The molecule has 28 heavy (non-hydrogen) atoms. The number of hydrogen-bond acceptors (Lipinski definition) is 10. The van der Waals surface area contributed by atoms with Crippen LogP contribution in [0.1, 0.15) is 18.1 Å². The number of carbonyl (C=O) groups excluding carboxylic acids is 1. The highest BCUT2D eigenvalue weighted by molar-refractivity contribution is 8.00. The van der Waals surface area contributed by atoms with Gasteiger partial charge in [-0.25, -0.2) is 4.98 Å². The van der Waals surface area contributed by atoms with E-state index in [1.165, 1.54) is 11.3 Å². The fourth-order valence-corrected chi connectivity index (χ4v) is 4.41. The number of nitrogens with one attached hydrogen (secondary N) is 1. The minimum Gasteiger partial charge on any atom is -0.339 e. The lowest BCUT2D eigenvalue weighted by molar-refractivity contribution is -0.116. The summed E-state index contributed by atoms with van der Waals surface area (Å²) in [5.74, 6) is 1.41. The third-order valence-corrected chi connectivity index (χ3v) is 6.18. The summed E-state index contributed by atoms with van der Waals surface area (Å²) < 4.78 is 6.16. The number of benzene rings is 1. The van der Waals surface area contributed by atoms with Crippen LogP contribution >= 0.6 is 34.4 Å². The molecule has 142 valence electrons. The Morgan fingerprint density at radius 2 is 2.07 bits per heavy atom. The molecule has 11 heteroatoms. The molecule has 1 aromatic carbocycles. The topological polar surface area (TPSA) is 107 Å². The lowest BCUT2D eigenvalue weighted by Crippen LogP contribution is -2.12. The van der Waals surface area contributed by atoms with Crippen LogP contribution in [0.2, 0.25) is 0 Å². The summed E-state index contributed by atoms with van der Waals surface area (Å²) in [6, 6.07) is 10.1. The molecule has 4 aromatic rings. The highest BCUT2D eigenvalue weighted by atomic mass is 32.2. The molecule has 0 aliphatic carbocycles. The van der Waals surface area contributed by atoms with E-state index in [0.717, 1.165) is 15.6 Å². The number of nitrogens with zero attached hydrogens (tertiary/aromatic N) is 5. The van der Waals surface area contributed by atoms with Crippen LogP contribution in [0.15, 0.2) is 50.1 Å². The summed E-state index contributed by atoms with van der Waals surface area (Å²) in [6.07, 6.45) is 0.610. The smallest absolute Gasteiger partial charge is 0.227 e. The van der Waals surface area contributed by atoms with E-state index in [2.05, 4.69) is 30.6 Å². The number of hydrogen-bond donors (Lipinski definition) is 1. The van der Waals surface area contributed by atoms with E-state index in [9.17, 15) is 4.79 Å². The monoisotopic (exact) mass is 430 g/mol. The van der Waals surface area contributed by atoms with Crippen LogP contribution in [0.5, 0.6) is 0 Å². The quantitative estimate of drug-likeness (QED) is 0.419. The number of carbonyl (C=O) groups is 1. The van der Waals surface area contributed by atoms with E-state index in [0.29, 0.717) is 29.0 Å². The second-order valence-corrected chi connectivity index (χ2v) is 8.46. The highest BCUT2D eigenvalue weighted by Gasteiger charge is 2.12. The van der Waals surface area contributed by atoms with E-state index < -0.39 is 0 Å². The molecule has 0 saturated carbocycles. The molecule has 0 atom stereocenters. The lowest BCUT2D eigenvalue weighted by atomic mass is 10.2. The van der Waals surface area contributed by atoms with Crippen molar-refractivity contribution in [2.24, 2.45) is 0 Å². The second kappa shape index (κ2) is 9.04. The Bertz CT molecular complexity index is 1030. The fraction of sp³-hybridized carbons (Fsp3) is 0.176. The molecule has 3 heterocycles. The number of aromatic nitrogens is 5. The molecular weight excluding hydrogens is 416 g/mol. The van der Waals surface area contributed by atoms with Crippen molar-refractivity contribution in [1.29, 1.82) is 0 Å². The zero-order valence-corrected chi connectivity index (χ0v) is 16.9. The van der Waals surface area contributed by atoms with E-state index in [1.54, 1.807) is 28.6 Å². The number of aryl methyl sites for hydroxylation is 1. The zero-order chi connectivity index (χ0) is 19.2. The molecule has 0 unspecified atom stereocenters. The van der Waals surface area contributed by atoms with Crippen molar-refractivity contribution in [3.8, 4) is 11.3 Å². The van der Waals surface area contributed by atoms with Crippen LogP contribution in [0, 0.1) is 0 Å². The van der Waals surface area contributed by atoms with Gasteiger partial charge in [-0.2, -0.15) is 4.98 Å². The van der Waals surface area contributed by atoms with E-state index in [4.69, 9.17) is 4.52 Å². The molecule has 0 fully saturated rings. The molecule has 0 radical (unpaired) electrons. The molecule has 0 aliphatic rings. The Balaban J connectivity index is 1.26. The maximum Gasteiger partial charge on any atom is 0.227 e. The Labute approximate surface area is 172 Å². The van der Waals surface area contributed by atoms with Crippen molar-refractivity contribution in [2.75, 3.05) is 5.32 Å². The van der Waals surface area contributed by atoms with Gasteiger partial charge >= 0.3 is 0 Å². The van der Waals surface area contributed by atoms with Crippen LogP contribution < -0.4 is 5.32 Å². The van der Waals surface area contributed by atoms with E-state index >= 15 is 0 Å². The van der Waals surface area contributed by atoms with Crippen molar-refractivity contribution >= 4 is 45.5 Å². The largest absolute Gasteiger partial charge is 0.339 e. The van der Waals surface area contributed by atoms with Gasteiger partial charge in [-0.3, -0.25) is 4.79 Å². The minimum atomic E-state index is -0.165. The standard InChI is InChI=1S/C17H14N6O2S3/c24-14(21-16-22-18-10-28-16)6-7-15-20-13(23-25-15)9-27-17-19-12(8-26-17)11-4-2-1-3-5-11/h1-5,8,10H,6-7,9H2,(H,21,22,24). The normalized spacial score (nSPS) is 10.9. The number of amides is 1. The van der Waals surface area contributed by atoms with Gasteiger partial charge in [-0.1, -0.05) is 58.6 Å². The first-order chi connectivity index (χ1) is 13.8. The molecule has 0 spiro atoms. The van der Waals surface area contributed by atoms with Crippen LogP contribution in [0.25, 0.3) is 11.3 Å². The average molecular weight is 431 g/mol. The van der Waals surface area contributed by atoms with E-state index in [1.807, 2.05) is 35.7 Å². The van der Waals surface area contributed by atoms with Crippen molar-refractivity contribution in [2.45, 2.75) is 22.9 Å². The molecule has 1 N–H and O–H groups in total. The number of thioether (sulfide) groups is 1. The van der Waals surface area contributed by atoms with Gasteiger partial charge < -0.3 is 9.84 Å². The summed E-state index contributed by atoms with van der Waals surface area (Å²) in [7, 11) is 0. The van der Waals surface area contributed by atoms with Crippen LogP contribution in [0.4, 0.5) is 5.13 Å². The Morgan fingerprint density at radius 3 is 2.89 bits per heavy atom. The van der Waals surface area contributed by atoms with Gasteiger partial charge in [-0.05, 0) is 0 Å². The summed E-state index contributed by atoms with van der Waals surface area (Å²) in [4.78, 5) is 20.8. The van der Waals surface area contributed by atoms with Gasteiger partial charge in [0.2, 0.25) is 16.9 Å². The summed E-state index contributed by atoms with van der Waals surface area (Å²) >= 11 is 4.42. The molecule has 1 amide bonds.